The summed E-state index contributed by atoms with van der Waals surface area (Å²) in [6.45, 7) is 1.96. The third kappa shape index (κ3) is 4.28. The maximum absolute atomic E-state index is 12.4. The lowest BCUT2D eigenvalue weighted by Crippen LogP contribution is -2.17. The van der Waals surface area contributed by atoms with Gasteiger partial charge in [-0.15, -0.1) is 5.11 Å². The van der Waals surface area contributed by atoms with Crippen molar-refractivity contribution in [1.29, 1.82) is 0 Å². The van der Waals surface area contributed by atoms with Crippen LogP contribution >= 0.6 is 0 Å². The van der Waals surface area contributed by atoms with Gasteiger partial charge in [0, 0.05) is 18.5 Å². The summed E-state index contributed by atoms with van der Waals surface area (Å²) in [6, 6.07) is 8.94. The van der Waals surface area contributed by atoms with Gasteiger partial charge >= 0.3 is 5.97 Å². The van der Waals surface area contributed by atoms with E-state index in [0.29, 0.717) is 24.1 Å². The van der Waals surface area contributed by atoms with E-state index in [1.54, 1.807) is 6.92 Å². The number of carbonyl (C=O) groups is 1. The van der Waals surface area contributed by atoms with E-state index in [0.717, 1.165) is 5.56 Å². The van der Waals surface area contributed by atoms with Crippen molar-refractivity contribution in [2.45, 2.75) is 38.8 Å². The minimum Gasteiger partial charge on any atom is -0.509 e. The standard InChI is InChI=1S/C20H22N4O4/c1-13-18(20(28)24(23-13)12-6-11-17(25)26)22-21-16-10-5-9-15(19(16)27)14-7-3-2-4-8-14/h2-5,7-9,16,23,27H,6,10-12H2,1H3,(H,25,26). The van der Waals surface area contributed by atoms with Gasteiger partial charge in [0.1, 0.15) is 11.8 Å². The van der Waals surface area contributed by atoms with E-state index < -0.39 is 12.0 Å². The topological polar surface area (TPSA) is 120 Å². The smallest absolute Gasteiger partial charge is 0.303 e. The van der Waals surface area contributed by atoms with Crippen LogP contribution < -0.4 is 5.56 Å². The SMILES string of the molecule is Cc1[nH]n(CCCC(=O)O)c(=O)c1N=NC1CC=CC(c2ccccc2)=C1O. The molecule has 1 aromatic heterocycles. The van der Waals surface area contributed by atoms with Crippen LogP contribution in [-0.2, 0) is 11.3 Å². The minimum atomic E-state index is -0.905. The largest absolute Gasteiger partial charge is 0.509 e. The molecule has 0 aliphatic heterocycles. The first-order chi connectivity index (χ1) is 13.5. The highest BCUT2D eigenvalue weighted by molar-refractivity contribution is 5.77. The number of allylic oxidation sites excluding steroid dienone is 2. The number of azo groups is 1. The maximum Gasteiger partial charge on any atom is 0.303 e. The Labute approximate surface area is 161 Å². The van der Waals surface area contributed by atoms with Gasteiger partial charge in [0.25, 0.3) is 5.56 Å². The van der Waals surface area contributed by atoms with E-state index in [2.05, 4.69) is 15.3 Å². The van der Waals surface area contributed by atoms with Crippen LogP contribution in [0.4, 0.5) is 5.69 Å². The number of aryl methyl sites for hydroxylation is 2. The number of nitrogens with one attached hydrogen (secondary N) is 1. The zero-order valence-corrected chi connectivity index (χ0v) is 15.5. The van der Waals surface area contributed by atoms with Crippen LogP contribution in [0.15, 0.2) is 63.3 Å². The number of hydrogen-bond acceptors (Lipinski definition) is 5. The third-order valence-electron chi connectivity index (χ3n) is 4.50. The number of carboxylic acids is 1. The molecule has 8 heteroatoms. The lowest BCUT2D eigenvalue weighted by molar-refractivity contribution is -0.137. The van der Waals surface area contributed by atoms with E-state index in [1.165, 1.54) is 4.68 Å². The molecule has 8 nitrogen and oxygen atoms in total. The van der Waals surface area contributed by atoms with Crippen LogP contribution in [0.1, 0.15) is 30.5 Å². The predicted octanol–water partition coefficient (Wildman–Crippen LogP) is 3.73. The Kier molecular flexibility index (Phi) is 5.88. The first kappa shape index (κ1) is 19.3. The molecule has 0 fully saturated rings. The first-order valence-electron chi connectivity index (χ1n) is 9.04. The molecule has 0 saturated carbocycles. The summed E-state index contributed by atoms with van der Waals surface area (Å²) in [6.07, 6.45) is 4.58. The van der Waals surface area contributed by atoms with Gasteiger partial charge in [-0.05, 0) is 25.3 Å². The van der Waals surface area contributed by atoms with Crippen LogP contribution in [-0.4, -0.2) is 32.0 Å². The molecule has 1 unspecified atom stereocenters. The van der Waals surface area contributed by atoms with E-state index in [1.807, 2.05) is 42.5 Å². The average molecular weight is 382 g/mol. The van der Waals surface area contributed by atoms with Gasteiger partial charge in [-0.2, -0.15) is 5.11 Å². The van der Waals surface area contributed by atoms with Crippen molar-refractivity contribution < 1.29 is 15.0 Å². The maximum atomic E-state index is 12.4. The summed E-state index contributed by atoms with van der Waals surface area (Å²) in [4.78, 5) is 23.1. The average Bonchev–Trinajstić information content (AvgIpc) is 2.95. The molecule has 3 N–H and O–H groups in total. The van der Waals surface area contributed by atoms with Crippen molar-refractivity contribution in [3.05, 3.63) is 69.9 Å². The Bertz CT molecular complexity index is 999. The van der Waals surface area contributed by atoms with Gasteiger partial charge < -0.3 is 10.2 Å². The number of benzene rings is 1. The van der Waals surface area contributed by atoms with E-state index in [-0.39, 0.29) is 30.0 Å². The van der Waals surface area contributed by atoms with Crippen LogP contribution in [0.5, 0.6) is 0 Å². The summed E-state index contributed by atoms with van der Waals surface area (Å²) in [5, 5.41) is 30.5. The Balaban J connectivity index is 1.79. The van der Waals surface area contributed by atoms with Crippen molar-refractivity contribution in [2.75, 3.05) is 0 Å². The molecule has 0 saturated heterocycles. The molecule has 146 valence electrons. The van der Waals surface area contributed by atoms with Crippen LogP contribution in [0, 0.1) is 6.92 Å². The van der Waals surface area contributed by atoms with Gasteiger partial charge in [-0.25, -0.2) is 0 Å². The Hall–Kier alpha value is -3.42. The molecule has 1 aliphatic rings. The Morgan fingerprint density at radius 1 is 1.32 bits per heavy atom. The fourth-order valence-electron chi connectivity index (χ4n) is 3.04. The molecule has 0 spiro atoms. The number of aromatic amines is 1. The van der Waals surface area contributed by atoms with Crippen LogP contribution in [0.3, 0.4) is 0 Å². The lowest BCUT2D eigenvalue weighted by atomic mass is 9.95. The van der Waals surface area contributed by atoms with E-state index in [4.69, 9.17) is 5.11 Å². The molecule has 0 radical (unpaired) electrons. The molecular weight excluding hydrogens is 360 g/mol. The summed E-state index contributed by atoms with van der Waals surface area (Å²) in [5.74, 6) is -0.787. The molecule has 1 atom stereocenters. The number of carboxylic acid groups (broad SMARTS) is 1. The number of aliphatic hydroxyl groups excluding tert-OH is 1. The molecule has 2 aromatic rings. The predicted molar refractivity (Wildman–Crippen MR) is 105 cm³/mol. The molecule has 0 amide bonds. The van der Waals surface area contributed by atoms with E-state index in [9.17, 15) is 14.7 Å². The summed E-state index contributed by atoms with van der Waals surface area (Å²) >= 11 is 0. The normalized spacial score (nSPS) is 16.8. The van der Waals surface area contributed by atoms with E-state index >= 15 is 0 Å². The Morgan fingerprint density at radius 3 is 2.79 bits per heavy atom. The van der Waals surface area contributed by atoms with Crippen molar-refractivity contribution in [2.24, 2.45) is 10.2 Å². The summed E-state index contributed by atoms with van der Waals surface area (Å²) < 4.78 is 1.33. The highest BCUT2D eigenvalue weighted by atomic mass is 16.4. The number of rotatable bonds is 7. The molecular formula is C20H22N4O4. The number of hydrogen-bond donors (Lipinski definition) is 3. The van der Waals surface area contributed by atoms with Crippen molar-refractivity contribution in [1.82, 2.24) is 9.78 Å². The monoisotopic (exact) mass is 382 g/mol. The summed E-state index contributed by atoms with van der Waals surface area (Å²) in [7, 11) is 0. The highest BCUT2D eigenvalue weighted by Gasteiger charge is 2.20. The number of aliphatic hydroxyl groups is 1. The fraction of sp³-hybridized carbons (Fsp3) is 0.300. The Morgan fingerprint density at radius 2 is 2.07 bits per heavy atom. The van der Waals surface area contributed by atoms with Crippen molar-refractivity contribution >= 4 is 17.2 Å². The highest BCUT2D eigenvalue weighted by Crippen LogP contribution is 2.28. The number of aromatic nitrogens is 2. The molecule has 1 aliphatic carbocycles. The second-order valence-electron chi connectivity index (χ2n) is 6.57. The first-order valence-corrected chi connectivity index (χ1v) is 9.04. The zero-order chi connectivity index (χ0) is 20.1. The van der Waals surface area contributed by atoms with Crippen LogP contribution in [0.2, 0.25) is 0 Å². The van der Waals surface area contributed by atoms with Gasteiger partial charge in [0.05, 0.1) is 5.69 Å². The zero-order valence-electron chi connectivity index (χ0n) is 15.5. The molecule has 28 heavy (non-hydrogen) atoms. The molecule has 3 rings (SSSR count). The van der Waals surface area contributed by atoms with Gasteiger partial charge in [-0.1, -0.05) is 42.5 Å². The summed E-state index contributed by atoms with van der Waals surface area (Å²) in [5.41, 5.74) is 1.92. The fourth-order valence-corrected chi connectivity index (χ4v) is 3.04. The minimum absolute atomic E-state index is 0.0172. The molecule has 0 bridgehead atoms. The van der Waals surface area contributed by atoms with Gasteiger partial charge in [0.15, 0.2) is 5.69 Å². The van der Waals surface area contributed by atoms with Gasteiger partial charge in [0.2, 0.25) is 0 Å². The van der Waals surface area contributed by atoms with Crippen molar-refractivity contribution in [3.8, 4) is 0 Å². The second-order valence-corrected chi connectivity index (χ2v) is 6.57. The molecule has 1 heterocycles. The van der Waals surface area contributed by atoms with Crippen LogP contribution in [0.25, 0.3) is 5.57 Å². The van der Waals surface area contributed by atoms with Crippen molar-refractivity contribution in [3.63, 3.8) is 0 Å². The number of aliphatic carboxylic acids is 1. The number of nitrogens with zero attached hydrogens (tertiary/aromatic N) is 3. The second kappa shape index (κ2) is 8.51. The van der Waals surface area contributed by atoms with Gasteiger partial charge in [-0.3, -0.25) is 19.4 Å². The quantitative estimate of drug-likeness (QED) is 0.632. The third-order valence-corrected chi connectivity index (χ3v) is 4.50. The number of H-pyrrole nitrogens is 1. The lowest BCUT2D eigenvalue weighted by Gasteiger charge is -2.16. The molecule has 1 aromatic carbocycles.